The third kappa shape index (κ3) is 6.03. The Labute approximate surface area is 203 Å². The number of nitrogens with one attached hydrogen (secondary N) is 1. The monoisotopic (exact) mass is 495 g/mol. The van der Waals surface area contributed by atoms with Crippen LogP contribution in [0.3, 0.4) is 0 Å². The van der Waals surface area contributed by atoms with Crippen LogP contribution in [-0.4, -0.2) is 34.7 Å². The van der Waals surface area contributed by atoms with Gasteiger partial charge in [0.05, 0.1) is 18.2 Å². The van der Waals surface area contributed by atoms with Gasteiger partial charge < -0.3 is 15.2 Å². The van der Waals surface area contributed by atoms with Gasteiger partial charge in [-0.25, -0.2) is 0 Å². The van der Waals surface area contributed by atoms with Crippen molar-refractivity contribution in [2.75, 3.05) is 19.0 Å². The maximum absolute atomic E-state index is 11.6. The predicted molar refractivity (Wildman–Crippen MR) is 131 cm³/mol. The first-order chi connectivity index (χ1) is 14.7. The molecule has 0 fully saturated rings. The van der Waals surface area contributed by atoms with Crippen LogP contribution in [0.25, 0.3) is 11.3 Å². The topological polar surface area (TPSA) is 84.3 Å². The van der Waals surface area contributed by atoms with Gasteiger partial charge in [0.15, 0.2) is 0 Å². The zero-order valence-corrected chi connectivity index (χ0v) is 20.2. The maximum Gasteiger partial charge on any atom is 0.318 e. The summed E-state index contributed by atoms with van der Waals surface area (Å²) in [5, 5.41) is 14.0. The number of rotatable bonds is 8. The highest BCUT2D eigenvalue weighted by atomic mass is 35.5. The molecule has 3 aromatic rings. The lowest BCUT2D eigenvalue weighted by Crippen LogP contribution is -2.28. The van der Waals surface area contributed by atoms with Crippen LogP contribution in [0, 0.1) is 0 Å². The van der Waals surface area contributed by atoms with Gasteiger partial charge in [0.25, 0.3) is 0 Å². The molecule has 1 heterocycles. The summed E-state index contributed by atoms with van der Waals surface area (Å²) in [7, 11) is 1.50. The average Bonchev–Trinajstić information content (AvgIpc) is 2.75. The Morgan fingerprint density at radius 2 is 1.88 bits per heavy atom. The van der Waals surface area contributed by atoms with Crippen molar-refractivity contribution in [3.8, 4) is 17.3 Å². The van der Waals surface area contributed by atoms with Crippen LogP contribution in [0.4, 0.5) is 5.82 Å². The number of ether oxygens (including phenoxy) is 1. The van der Waals surface area contributed by atoms with Gasteiger partial charge in [-0.2, -0.15) is 9.97 Å². The maximum atomic E-state index is 11.6. The van der Waals surface area contributed by atoms with Crippen molar-refractivity contribution in [2.45, 2.75) is 25.7 Å². The number of anilines is 1. The molecular weight excluding hydrogens is 473 g/mol. The van der Waals surface area contributed by atoms with E-state index in [4.69, 9.17) is 27.9 Å². The largest absolute Gasteiger partial charge is 0.481 e. The van der Waals surface area contributed by atoms with E-state index in [-0.39, 0.29) is 18.4 Å². The number of halogens is 3. The van der Waals surface area contributed by atoms with Crippen LogP contribution in [0.15, 0.2) is 48.5 Å². The second kappa shape index (κ2) is 10.9. The molecule has 0 aliphatic carbocycles. The van der Waals surface area contributed by atoms with E-state index in [9.17, 15) is 9.90 Å². The Hall–Kier alpha value is -2.54. The van der Waals surface area contributed by atoms with E-state index in [0.29, 0.717) is 40.1 Å². The molecule has 2 aromatic carbocycles. The number of aliphatic carboxylic acids is 1. The second-order valence-electron chi connectivity index (χ2n) is 7.55. The molecule has 6 nitrogen and oxygen atoms in total. The predicted octanol–water partition coefficient (Wildman–Crippen LogP) is 5.90. The number of aromatic nitrogens is 2. The van der Waals surface area contributed by atoms with Crippen molar-refractivity contribution in [3.05, 3.63) is 69.7 Å². The number of methoxy groups -OCH3 is 1. The number of hydrogen-bond donors (Lipinski definition) is 2. The quantitative estimate of drug-likeness (QED) is 0.404. The van der Waals surface area contributed by atoms with Gasteiger partial charge in [-0.15, -0.1) is 12.4 Å². The molecule has 0 aliphatic heterocycles. The summed E-state index contributed by atoms with van der Waals surface area (Å²) in [4.78, 5) is 20.4. The lowest BCUT2D eigenvalue weighted by Gasteiger charge is -2.20. The summed E-state index contributed by atoms with van der Waals surface area (Å²) in [5.74, 6) is -0.303. The van der Waals surface area contributed by atoms with E-state index >= 15 is 0 Å². The van der Waals surface area contributed by atoms with Crippen molar-refractivity contribution in [1.82, 2.24) is 9.97 Å². The first-order valence-corrected chi connectivity index (χ1v) is 10.4. The Bertz CT molecular complexity index is 1110. The van der Waals surface area contributed by atoms with E-state index in [2.05, 4.69) is 15.3 Å². The van der Waals surface area contributed by atoms with Crippen LogP contribution in [0.5, 0.6) is 6.01 Å². The van der Waals surface area contributed by atoms with Crippen LogP contribution in [0.1, 0.15) is 25.0 Å². The molecule has 9 heteroatoms. The van der Waals surface area contributed by atoms with Crippen molar-refractivity contribution >= 4 is 47.4 Å². The summed E-state index contributed by atoms with van der Waals surface area (Å²) < 4.78 is 5.26. The van der Waals surface area contributed by atoms with Crippen LogP contribution >= 0.6 is 35.6 Å². The minimum atomic E-state index is -1.02. The summed E-state index contributed by atoms with van der Waals surface area (Å²) in [5.41, 5.74) is 2.04. The third-order valence-corrected chi connectivity index (χ3v) is 5.61. The van der Waals surface area contributed by atoms with Gasteiger partial charge in [0, 0.05) is 28.2 Å². The SMILES string of the molecule is COc1nc(NCCc2ccc(Cl)cc2Cl)cc(-c2cccc(C(C)(C)C(=O)O)c2)n1.Cl. The Balaban J connectivity index is 0.00000363. The smallest absolute Gasteiger partial charge is 0.318 e. The van der Waals surface area contributed by atoms with Crippen molar-refractivity contribution in [2.24, 2.45) is 0 Å². The molecule has 0 atom stereocenters. The van der Waals surface area contributed by atoms with Gasteiger partial charge in [-0.1, -0.05) is 47.5 Å². The van der Waals surface area contributed by atoms with Gasteiger partial charge in [0.1, 0.15) is 5.82 Å². The molecule has 3 rings (SSSR count). The third-order valence-electron chi connectivity index (χ3n) is 5.02. The lowest BCUT2D eigenvalue weighted by atomic mass is 9.84. The fourth-order valence-corrected chi connectivity index (χ4v) is 3.50. The molecule has 0 saturated carbocycles. The number of carboxylic acid groups (broad SMARTS) is 1. The second-order valence-corrected chi connectivity index (χ2v) is 8.39. The van der Waals surface area contributed by atoms with Crippen LogP contribution in [0.2, 0.25) is 10.0 Å². The summed E-state index contributed by atoms with van der Waals surface area (Å²) in [6.45, 7) is 3.93. The van der Waals surface area contributed by atoms with Crippen molar-refractivity contribution in [3.63, 3.8) is 0 Å². The zero-order valence-electron chi connectivity index (χ0n) is 17.9. The molecule has 0 saturated heterocycles. The summed E-state index contributed by atoms with van der Waals surface area (Å²) in [6.07, 6.45) is 0.680. The van der Waals surface area contributed by atoms with Gasteiger partial charge in [0.2, 0.25) is 0 Å². The molecule has 32 heavy (non-hydrogen) atoms. The zero-order chi connectivity index (χ0) is 22.6. The number of benzene rings is 2. The molecule has 1 aromatic heterocycles. The highest BCUT2D eigenvalue weighted by Gasteiger charge is 2.29. The molecule has 170 valence electrons. The lowest BCUT2D eigenvalue weighted by molar-refractivity contribution is -0.142. The van der Waals surface area contributed by atoms with Crippen LogP contribution in [-0.2, 0) is 16.6 Å². The van der Waals surface area contributed by atoms with Crippen molar-refractivity contribution in [1.29, 1.82) is 0 Å². The molecular formula is C23H24Cl3N3O3. The fraction of sp³-hybridized carbons (Fsp3) is 0.261. The average molecular weight is 497 g/mol. The fourth-order valence-electron chi connectivity index (χ4n) is 3.00. The minimum Gasteiger partial charge on any atom is -0.481 e. The van der Waals surface area contributed by atoms with Gasteiger partial charge in [-0.3, -0.25) is 4.79 Å². The standard InChI is InChI=1S/C23H23Cl2N3O3.ClH/c1-23(2,21(29)30)16-6-4-5-15(11-16)19-13-20(28-22(27-19)31-3)26-10-9-14-7-8-17(24)12-18(14)25;/h4-8,11-13H,9-10H2,1-3H3,(H,29,30)(H,26,27,28);1H. The number of carboxylic acids is 1. The molecule has 0 unspecified atom stereocenters. The Morgan fingerprint density at radius 1 is 1.12 bits per heavy atom. The molecule has 0 aliphatic rings. The Morgan fingerprint density at radius 3 is 2.53 bits per heavy atom. The van der Waals surface area contributed by atoms with Crippen LogP contribution < -0.4 is 10.1 Å². The minimum absolute atomic E-state index is 0. The van der Waals surface area contributed by atoms with E-state index in [1.807, 2.05) is 24.3 Å². The molecule has 0 radical (unpaired) electrons. The first kappa shape index (κ1) is 25.7. The highest BCUT2D eigenvalue weighted by Crippen LogP contribution is 2.29. The van der Waals surface area contributed by atoms with Crippen molar-refractivity contribution < 1.29 is 14.6 Å². The molecule has 0 amide bonds. The summed E-state index contributed by atoms with van der Waals surface area (Å²) >= 11 is 12.2. The normalized spacial score (nSPS) is 10.9. The Kier molecular flexibility index (Phi) is 8.73. The first-order valence-electron chi connectivity index (χ1n) is 9.66. The van der Waals surface area contributed by atoms with Gasteiger partial charge in [-0.05, 0) is 49.6 Å². The molecule has 0 bridgehead atoms. The highest BCUT2D eigenvalue weighted by molar-refractivity contribution is 6.35. The number of hydrogen-bond acceptors (Lipinski definition) is 5. The van der Waals surface area contributed by atoms with E-state index in [0.717, 1.165) is 11.1 Å². The summed E-state index contributed by atoms with van der Waals surface area (Å²) in [6, 6.07) is 14.8. The number of carbonyl (C=O) groups is 1. The van der Waals surface area contributed by atoms with E-state index < -0.39 is 11.4 Å². The van der Waals surface area contributed by atoms with Gasteiger partial charge >= 0.3 is 12.0 Å². The molecule has 0 spiro atoms. The molecule has 2 N–H and O–H groups in total. The number of nitrogens with zero attached hydrogens (tertiary/aromatic N) is 2. The van der Waals surface area contributed by atoms with E-state index in [1.165, 1.54) is 7.11 Å². The van der Waals surface area contributed by atoms with E-state index in [1.54, 1.807) is 38.1 Å².